The summed E-state index contributed by atoms with van der Waals surface area (Å²) < 4.78 is 2.40. The van der Waals surface area contributed by atoms with E-state index in [1.54, 1.807) is 0 Å². The highest BCUT2D eigenvalue weighted by Gasteiger charge is 2.08. The van der Waals surface area contributed by atoms with Crippen molar-refractivity contribution in [3.63, 3.8) is 0 Å². The fourth-order valence-electron chi connectivity index (χ4n) is 2.75. The standard InChI is InChI=1S/C19H28N2/c1-3-14-20-17(2)19-13-9-16-21(19)15-8-7-12-18-10-5-4-6-11-18/h4-6,9-11,13,16-17,20H,3,7-8,12,14-15H2,1-2H3. The summed E-state index contributed by atoms with van der Waals surface area (Å²) in [4.78, 5) is 0. The molecule has 0 amide bonds. The van der Waals surface area contributed by atoms with Crippen molar-refractivity contribution in [1.82, 2.24) is 9.88 Å². The predicted molar refractivity (Wildman–Crippen MR) is 90.5 cm³/mol. The highest BCUT2D eigenvalue weighted by atomic mass is 15.0. The molecule has 2 heteroatoms. The zero-order valence-corrected chi connectivity index (χ0v) is 13.4. The van der Waals surface area contributed by atoms with Crippen molar-refractivity contribution in [2.45, 2.75) is 52.1 Å². The largest absolute Gasteiger partial charge is 0.350 e. The van der Waals surface area contributed by atoms with Crippen LogP contribution in [0.25, 0.3) is 0 Å². The zero-order valence-electron chi connectivity index (χ0n) is 13.4. The second kappa shape index (κ2) is 8.68. The molecule has 1 aromatic carbocycles. The fourth-order valence-corrected chi connectivity index (χ4v) is 2.75. The monoisotopic (exact) mass is 284 g/mol. The Morgan fingerprint density at radius 3 is 2.62 bits per heavy atom. The van der Waals surface area contributed by atoms with Gasteiger partial charge in [0.05, 0.1) is 0 Å². The van der Waals surface area contributed by atoms with Gasteiger partial charge in [-0.2, -0.15) is 0 Å². The number of aromatic nitrogens is 1. The number of rotatable bonds is 9. The molecule has 2 aromatic rings. The van der Waals surface area contributed by atoms with Gasteiger partial charge >= 0.3 is 0 Å². The van der Waals surface area contributed by atoms with E-state index in [2.05, 4.69) is 72.4 Å². The Labute approximate surface area is 129 Å². The van der Waals surface area contributed by atoms with Crippen molar-refractivity contribution in [3.05, 3.63) is 59.9 Å². The molecule has 0 radical (unpaired) electrons. The summed E-state index contributed by atoms with van der Waals surface area (Å²) in [6.45, 7) is 6.67. The van der Waals surface area contributed by atoms with E-state index < -0.39 is 0 Å². The molecular weight excluding hydrogens is 256 g/mol. The summed E-state index contributed by atoms with van der Waals surface area (Å²) in [6.07, 6.45) is 7.06. The third kappa shape index (κ3) is 5.05. The molecule has 1 heterocycles. The molecule has 1 N–H and O–H groups in total. The van der Waals surface area contributed by atoms with E-state index in [1.807, 2.05) is 0 Å². The summed E-state index contributed by atoms with van der Waals surface area (Å²) >= 11 is 0. The average molecular weight is 284 g/mol. The van der Waals surface area contributed by atoms with Gasteiger partial charge in [0.25, 0.3) is 0 Å². The molecule has 0 saturated heterocycles. The maximum absolute atomic E-state index is 3.57. The van der Waals surface area contributed by atoms with Gasteiger partial charge in [0.15, 0.2) is 0 Å². The first-order valence-electron chi connectivity index (χ1n) is 8.23. The maximum atomic E-state index is 3.57. The van der Waals surface area contributed by atoms with E-state index in [4.69, 9.17) is 0 Å². The van der Waals surface area contributed by atoms with E-state index >= 15 is 0 Å². The van der Waals surface area contributed by atoms with E-state index in [-0.39, 0.29) is 0 Å². The minimum atomic E-state index is 0.439. The van der Waals surface area contributed by atoms with Gasteiger partial charge in [-0.3, -0.25) is 0 Å². The van der Waals surface area contributed by atoms with Crippen LogP contribution in [-0.2, 0) is 13.0 Å². The van der Waals surface area contributed by atoms with Gasteiger partial charge in [-0.15, -0.1) is 0 Å². The maximum Gasteiger partial charge on any atom is 0.0446 e. The van der Waals surface area contributed by atoms with Gasteiger partial charge in [0, 0.05) is 24.5 Å². The quantitative estimate of drug-likeness (QED) is 0.667. The SMILES string of the molecule is CCCNC(C)c1cccn1CCCCc1ccccc1. The van der Waals surface area contributed by atoms with Crippen LogP contribution >= 0.6 is 0 Å². The molecule has 0 aliphatic carbocycles. The van der Waals surface area contributed by atoms with Crippen LogP contribution in [0.15, 0.2) is 48.7 Å². The highest BCUT2D eigenvalue weighted by Crippen LogP contribution is 2.15. The molecule has 1 unspecified atom stereocenters. The highest BCUT2D eigenvalue weighted by molar-refractivity contribution is 5.14. The third-order valence-electron chi connectivity index (χ3n) is 3.97. The van der Waals surface area contributed by atoms with Gasteiger partial charge in [-0.1, -0.05) is 37.3 Å². The van der Waals surface area contributed by atoms with Crippen LogP contribution in [0.4, 0.5) is 0 Å². The van der Waals surface area contributed by atoms with E-state index in [9.17, 15) is 0 Å². The summed E-state index contributed by atoms with van der Waals surface area (Å²) in [7, 11) is 0. The smallest absolute Gasteiger partial charge is 0.0446 e. The van der Waals surface area contributed by atoms with Crippen LogP contribution in [0.1, 0.15) is 50.4 Å². The van der Waals surface area contributed by atoms with Crippen LogP contribution in [0.2, 0.25) is 0 Å². The molecule has 2 nitrogen and oxygen atoms in total. The Morgan fingerprint density at radius 2 is 1.86 bits per heavy atom. The van der Waals surface area contributed by atoms with E-state index in [0.717, 1.165) is 13.1 Å². The summed E-state index contributed by atoms with van der Waals surface area (Å²) in [5, 5.41) is 3.57. The fraction of sp³-hybridized carbons (Fsp3) is 0.474. The number of nitrogens with one attached hydrogen (secondary N) is 1. The van der Waals surface area contributed by atoms with Gasteiger partial charge in [0.1, 0.15) is 0 Å². The lowest BCUT2D eigenvalue weighted by Gasteiger charge is -2.17. The van der Waals surface area contributed by atoms with E-state index in [0.29, 0.717) is 6.04 Å². The van der Waals surface area contributed by atoms with Crippen LogP contribution in [0.5, 0.6) is 0 Å². The van der Waals surface area contributed by atoms with Gasteiger partial charge in [0.2, 0.25) is 0 Å². The molecular formula is C19H28N2. The first-order valence-corrected chi connectivity index (χ1v) is 8.23. The molecule has 2 rings (SSSR count). The van der Waals surface area contributed by atoms with E-state index in [1.165, 1.54) is 36.9 Å². The van der Waals surface area contributed by atoms with Gasteiger partial charge < -0.3 is 9.88 Å². The molecule has 0 spiro atoms. The number of nitrogens with zero attached hydrogens (tertiary/aromatic N) is 1. The number of unbranched alkanes of at least 4 members (excludes halogenated alkanes) is 1. The molecule has 0 fully saturated rings. The lowest BCUT2D eigenvalue weighted by molar-refractivity contribution is 0.511. The van der Waals surface area contributed by atoms with Crippen molar-refractivity contribution in [3.8, 4) is 0 Å². The molecule has 1 atom stereocenters. The normalized spacial score (nSPS) is 12.5. The Kier molecular flexibility index (Phi) is 6.55. The van der Waals surface area contributed by atoms with Crippen molar-refractivity contribution < 1.29 is 0 Å². The minimum Gasteiger partial charge on any atom is -0.350 e. The van der Waals surface area contributed by atoms with Crippen LogP contribution in [0.3, 0.4) is 0 Å². The summed E-state index contributed by atoms with van der Waals surface area (Å²) in [5.41, 5.74) is 2.85. The Bertz CT molecular complexity index is 501. The molecule has 0 aliphatic rings. The minimum absolute atomic E-state index is 0.439. The second-order valence-corrected chi connectivity index (χ2v) is 5.74. The molecule has 0 aliphatic heterocycles. The molecule has 0 bridgehead atoms. The molecule has 1 aromatic heterocycles. The van der Waals surface area contributed by atoms with Crippen molar-refractivity contribution >= 4 is 0 Å². The van der Waals surface area contributed by atoms with Crippen LogP contribution in [-0.4, -0.2) is 11.1 Å². The van der Waals surface area contributed by atoms with Gasteiger partial charge in [-0.05, 0) is 56.8 Å². The second-order valence-electron chi connectivity index (χ2n) is 5.74. The number of benzene rings is 1. The lowest BCUT2D eigenvalue weighted by atomic mass is 10.1. The Morgan fingerprint density at radius 1 is 1.05 bits per heavy atom. The number of hydrogen-bond acceptors (Lipinski definition) is 1. The lowest BCUT2D eigenvalue weighted by Crippen LogP contribution is -2.21. The summed E-state index contributed by atoms with van der Waals surface area (Å²) in [6, 6.07) is 15.6. The van der Waals surface area contributed by atoms with Crippen molar-refractivity contribution in [2.75, 3.05) is 6.54 Å². The topological polar surface area (TPSA) is 17.0 Å². The first kappa shape index (κ1) is 15.8. The van der Waals surface area contributed by atoms with Crippen LogP contribution < -0.4 is 5.32 Å². The molecule has 0 saturated carbocycles. The van der Waals surface area contributed by atoms with Crippen molar-refractivity contribution in [1.29, 1.82) is 0 Å². The van der Waals surface area contributed by atoms with Gasteiger partial charge in [-0.25, -0.2) is 0 Å². The predicted octanol–water partition coefficient (Wildman–Crippen LogP) is 4.57. The van der Waals surface area contributed by atoms with Crippen LogP contribution in [0, 0.1) is 0 Å². The molecule has 21 heavy (non-hydrogen) atoms. The third-order valence-corrected chi connectivity index (χ3v) is 3.97. The Hall–Kier alpha value is -1.54. The summed E-state index contributed by atoms with van der Waals surface area (Å²) in [5.74, 6) is 0. The first-order chi connectivity index (χ1) is 10.3. The zero-order chi connectivity index (χ0) is 14.9. The average Bonchev–Trinajstić information content (AvgIpc) is 2.99. The number of hydrogen-bond donors (Lipinski definition) is 1. The Balaban J connectivity index is 1.77. The molecule has 114 valence electrons. The van der Waals surface area contributed by atoms with Crippen molar-refractivity contribution in [2.24, 2.45) is 0 Å². The number of aryl methyl sites for hydroxylation is 2.